The van der Waals surface area contributed by atoms with Crippen molar-refractivity contribution in [3.63, 3.8) is 0 Å². The molecule has 0 saturated heterocycles. The van der Waals surface area contributed by atoms with Gasteiger partial charge in [0, 0.05) is 25.1 Å². The number of aliphatic imine (C=N–C) groups is 2. The van der Waals surface area contributed by atoms with Crippen LogP contribution >= 0.6 is 0 Å². The molecule has 2 amide bonds. The fraction of sp³-hybridized carbons (Fsp3) is 0.320. The quantitative estimate of drug-likeness (QED) is 0.452. The van der Waals surface area contributed by atoms with E-state index in [2.05, 4.69) is 32.3 Å². The molecule has 1 heterocycles. The summed E-state index contributed by atoms with van der Waals surface area (Å²) in [5, 5.41) is 5.65. The molecule has 0 unspecified atom stereocenters. The summed E-state index contributed by atoms with van der Waals surface area (Å²) in [6, 6.07) is 8.94. The average Bonchev–Trinajstić information content (AvgIpc) is 3.26. The van der Waals surface area contributed by atoms with E-state index in [1.165, 1.54) is 19.1 Å². The Morgan fingerprint density at radius 3 is 2.68 bits per heavy atom. The zero-order valence-electron chi connectivity index (χ0n) is 19.3. The number of ether oxygens (including phenoxy) is 1. The molecule has 1 saturated carbocycles. The van der Waals surface area contributed by atoms with Crippen molar-refractivity contribution in [1.82, 2.24) is 10.3 Å². The molecule has 9 heteroatoms. The van der Waals surface area contributed by atoms with Crippen molar-refractivity contribution in [2.24, 2.45) is 15.9 Å². The van der Waals surface area contributed by atoms with Gasteiger partial charge in [0.25, 0.3) is 5.91 Å². The van der Waals surface area contributed by atoms with Crippen molar-refractivity contribution >= 4 is 30.2 Å². The highest BCUT2D eigenvalue weighted by atomic mass is 19.1. The summed E-state index contributed by atoms with van der Waals surface area (Å²) in [5.74, 6) is 0.125. The van der Waals surface area contributed by atoms with Gasteiger partial charge in [-0.3, -0.25) is 9.59 Å². The standard InChI is InChI=1S/C25H28FN5O3/c1-4-14-28-24(27-3)20-12-13-22(29-16(2)32)31-23(20)25(33)30-21-7-5-6-17(21)15-34-19-10-8-18(26)9-11-19/h4,8-14,17,21H,3,5-7,15H2,1-2H3,(H,30,33)(H,29,31,32)/b14-4-,28-24?/t17-,21+/m1/s1. The topological polar surface area (TPSA) is 105 Å². The van der Waals surface area contributed by atoms with Gasteiger partial charge >= 0.3 is 0 Å². The Balaban J connectivity index is 1.80. The molecule has 0 bridgehead atoms. The molecule has 0 spiro atoms. The predicted octanol–water partition coefficient (Wildman–Crippen LogP) is 4.14. The van der Waals surface area contributed by atoms with E-state index in [4.69, 9.17) is 4.74 Å². The van der Waals surface area contributed by atoms with Gasteiger partial charge in [-0.15, -0.1) is 0 Å². The third kappa shape index (κ3) is 6.57. The molecular formula is C25H28FN5O3. The molecule has 0 radical (unpaired) electrons. The van der Waals surface area contributed by atoms with Crippen LogP contribution in [-0.2, 0) is 4.79 Å². The molecule has 3 rings (SSSR count). The SMILES string of the molecule is C=NC(=N/C=C\C)c1ccc(NC(C)=O)nc1C(=O)N[C@H]1CCC[C@@H]1COc1ccc(F)cc1. The van der Waals surface area contributed by atoms with Gasteiger partial charge in [0.15, 0.2) is 5.84 Å². The number of rotatable bonds is 8. The fourth-order valence-corrected chi connectivity index (χ4v) is 3.80. The first-order valence-corrected chi connectivity index (χ1v) is 11.0. The fourth-order valence-electron chi connectivity index (χ4n) is 3.80. The lowest BCUT2D eigenvalue weighted by Gasteiger charge is -2.22. The lowest BCUT2D eigenvalue weighted by molar-refractivity contribution is -0.114. The number of carbonyl (C=O) groups is 2. The molecule has 8 nitrogen and oxygen atoms in total. The summed E-state index contributed by atoms with van der Waals surface area (Å²) in [6.45, 7) is 7.12. The molecule has 2 atom stereocenters. The Morgan fingerprint density at radius 2 is 2.00 bits per heavy atom. The smallest absolute Gasteiger partial charge is 0.270 e. The van der Waals surface area contributed by atoms with Crippen LogP contribution < -0.4 is 15.4 Å². The van der Waals surface area contributed by atoms with Crippen LogP contribution in [-0.4, -0.2) is 42.0 Å². The lowest BCUT2D eigenvalue weighted by atomic mass is 10.0. The number of nitrogens with one attached hydrogen (secondary N) is 2. The van der Waals surface area contributed by atoms with E-state index in [1.54, 1.807) is 36.5 Å². The van der Waals surface area contributed by atoms with Crippen molar-refractivity contribution in [3.8, 4) is 5.75 Å². The minimum absolute atomic E-state index is 0.0877. The van der Waals surface area contributed by atoms with Crippen LogP contribution in [0.2, 0.25) is 0 Å². The maximum absolute atomic E-state index is 13.3. The first kappa shape index (κ1) is 24.8. The average molecular weight is 466 g/mol. The van der Waals surface area contributed by atoms with Crippen molar-refractivity contribution in [3.05, 3.63) is 65.7 Å². The number of hydrogen-bond donors (Lipinski definition) is 2. The Kier molecular flexibility index (Phi) is 8.61. The van der Waals surface area contributed by atoms with Crippen LogP contribution in [0.1, 0.15) is 49.2 Å². The lowest BCUT2D eigenvalue weighted by Crippen LogP contribution is -2.40. The zero-order valence-corrected chi connectivity index (χ0v) is 19.3. The highest BCUT2D eigenvalue weighted by Crippen LogP contribution is 2.27. The monoisotopic (exact) mass is 465 g/mol. The van der Waals surface area contributed by atoms with Crippen LogP contribution in [0.5, 0.6) is 5.75 Å². The second-order valence-corrected chi connectivity index (χ2v) is 7.90. The molecule has 1 aliphatic rings. The van der Waals surface area contributed by atoms with E-state index in [0.717, 1.165) is 19.3 Å². The zero-order chi connectivity index (χ0) is 24.5. The van der Waals surface area contributed by atoms with Crippen LogP contribution in [0.25, 0.3) is 0 Å². The maximum Gasteiger partial charge on any atom is 0.270 e. The van der Waals surface area contributed by atoms with E-state index in [9.17, 15) is 14.0 Å². The number of aromatic nitrogens is 1. The Hall–Kier alpha value is -3.88. The van der Waals surface area contributed by atoms with Crippen molar-refractivity contribution < 1.29 is 18.7 Å². The molecule has 178 valence electrons. The van der Waals surface area contributed by atoms with Gasteiger partial charge in [-0.05, 0) is 62.9 Å². The van der Waals surface area contributed by atoms with Gasteiger partial charge in [0.1, 0.15) is 23.1 Å². The number of nitrogens with zero attached hydrogens (tertiary/aromatic N) is 3. The summed E-state index contributed by atoms with van der Waals surface area (Å²) in [4.78, 5) is 37.3. The molecule has 0 aliphatic heterocycles. The van der Waals surface area contributed by atoms with Gasteiger partial charge in [0.2, 0.25) is 5.91 Å². The Labute approximate surface area is 198 Å². The van der Waals surface area contributed by atoms with Crippen LogP contribution in [0.3, 0.4) is 0 Å². The number of amidine groups is 1. The maximum atomic E-state index is 13.3. The number of carbonyl (C=O) groups excluding carboxylic acids is 2. The van der Waals surface area contributed by atoms with Crippen LogP contribution in [0.4, 0.5) is 10.2 Å². The number of allylic oxidation sites excluding steroid dienone is 1. The summed E-state index contributed by atoms with van der Waals surface area (Å²) in [5.41, 5.74) is 0.490. The molecule has 1 aromatic heterocycles. The largest absolute Gasteiger partial charge is 0.493 e. The summed E-state index contributed by atoms with van der Waals surface area (Å²) in [6.07, 6.45) is 5.90. The van der Waals surface area contributed by atoms with Gasteiger partial charge in [-0.2, -0.15) is 0 Å². The van der Waals surface area contributed by atoms with Crippen molar-refractivity contribution in [2.75, 3.05) is 11.9 Å². The first-order chi connectivity index (χ1) is 16.4. The molecule has 2 aromatic rings. The van der Waals surface area contributed by atoms with Crippen molar-refractivity contribution in [1.29, 1.82) is 0 Å². The Morgan fingerprint density at radius 1 is 1.24 bits per heavy atom. The normalized spacial score (nSPS) is 18.0. The van der Waals surface area contributed by atoms with E-state index in [1.807, 2.05) is 6.92 Å². The first-order valence-electron chi connectivity index (χ1n) is 11.0. The number of amides is 2. The van der Waals surface area contributed by atoms with E-state index in [0.29, 0.717) is 17.9 Å². The van der Waals surface area contributed by atoms with Gasteiger partial charge in [-0.1, -0.05) is 12.5 Å². The molecular weight excluding hydrogens is 437 g/mol. The number of hydrogen-bond acceptors (Lipinski definition) is 5. The molecule has 2 N–H and O–H groups in total. The van der Waals surface area contributed by atoms with E-state index >= 15 is 0 Å². The second-order valence-electron chi connectivity index (χ2n) is 7.90. The summed E-state index contributed by atoms with van der Waals surface area (Å²) >= 11 is 0. The molecule has 34 heavy (non-hydrogen) atoms. The predicted molar refractivity (Wildman–Crippen MR) is 130 cm³/mol. The Bertz CT molecular complexity index is 1100. The second kappa shape index (κ2) is 11.8. The number of pyridine rings is 1. The van der Waals surface area contributed by atoms with Crippen LogP contribution in [0, 0.1) is 11.7 Å². The molecule has 1 fully saturated rings. The summed E-state index contributed by atoms with van der Waals surface area (Å²) < 4.78 is 18.9. The number of anilines is 1. The van der Waals surface area contributed by atoms with E-state index < -0.39 is 5.91 Å². The third-order valence-corrected chi connectivity index (χ3v) is 5.40. The number of benzene rings is 1. The highest BCUT2D eigenvalue weighted by Gasteiger charge is 2.31. The van der Waals surface area contributed by atoms with Gasteiger partial charge < -0.3 is 15.4 Å². The minimum Gasteiger partial charge on any atom is -0.493 e. The van der Waals surface area contributed by atoms with Gasteiger partial charge in [-0.25, -0.2) is 19.4 Å². The minimum atomic E-state index is -0.405. The van der Waals surface area contributed by atoms with Gasteiger partial charge in [0.05, 0.1) is 12.2 Å². The summed E-state index contributed by atoms with van der Waals surface area (Å²) in [7, 11) is 0. The molecule has 1 aromatic carbocycles. The molecule has 1 aliphatic carbocycles. The van der Waals surface area contributed by atoms with Crippen LogP contribution in [0.15, 0.2) is 58.7 Å². The third-order valence-electron chi connectivity index (χ3n) is 5.40. The van der Waals surface area contributed by atoms with Crippen molar-refractivity contribution in [2.45, 2.75) is 39.2 Å². The number of halogens is 1. The van der Waals surface area contributed by atoms with E-state index in [-0.39, 0.29) is 41.0 Å². The highest BCUT2D eigenvalue weighted by molar-refractivity contribution is 6.10.